The predicted octanol–water partition coefficient (Wildman–Crippen LogP) is 3.73. The van der Waals surface area contributed by atoms with Crippen molar-refractivity contribution in [2.45, 2.75) is 19.0 Å². The molecule has 1 atom stereocenters. The molecular weight excluding hydrogens is 284 g/mol. The second-order valence-corrected chi connectivity index (χ2v) is 6.53. The van der Waals surface area contributed by atoms with Crippen molar-refractivity contribution in [3.8, 4) is 0 Å². The van der Waals surface area contributed by atoms with Crippen LogP contribution in [0.3, 0.4) is 0 Å². The molecule has 1 aliphatic rings. The monoisotopic (exact) mass is 306 g/mol. The molecule has 0 saturated heterocycles. The van der Waals surface area contributed by atoms with E-state index >= 15 is 0 Å². The molecule has 0 spiro atoms. The van der Waals surface area contributed by atoms with Crippen LogP contribution in [0.25, 0.3) is 11.0 Å². The number of hydrogen-bond acceptors (Lipinski definition) is 3. The van der Waals surface area contributed by atoms with Gasteiger partial charge < -0.3 is 14.6 Å². The predicted molar refractivity (Wildman–Crippen MR) is 93.6 cm³/mol. The first kappa shape index (κ1) is 14.5. The van der Waals surface area contributed by atoms with Gasteiger partial charge in [-0.15, -0.1) is 0 Å². The van der Waals surface area contributed by atoms with Crippen LogP contribution < -0.4 is 5.32 Å². The summed E-state index contributed by atoms with van der Waals surface area (Å²) in [5.74, 6) is 0.405. The largest absolute Gasteiger partial charge is 0.464 e. The molecule has 4 rings (SSSR count). The fourth-order valence-electron chi connectivity index (χ4n) is 3.69. The van der Waals surface area contributed by atoms with E-state index in [9.17, 15) is 0 Å². The highest BCUT2D eigenvalue weighted by molar-refractivity contribution is 5.78. The van der Waals surface area contributed by atoms with Crippen molar-refractivity contribution in [3.05, 3.63) is 71.0 Å². The van der Waals surface area contributed by atoms with Crippen LogP contribution in [0, 0.1) is 0 Å². The van der Waals surface area contributed by atoms with Gasteiger partial charge in [0.25, 0.3) is 0 Å². The highest BCUT2D eigenvalue weighted by Crippen LogP contribution is 2.34. The number of nitrogens with one attached hydrogen (secondary N) is 1. The van der Waals surface area contributed by atoms with Crippen LogP contribution in [-0.2, 0) is 13.1 Å². The third kappa shape index (κ3) is 2.67. The summed E-state index contributed by atoms with van der Waals surface area (Å²) >= 11 is 0. The first-order chi connectivity index (χ1) is 11.2. The number of fused-ring (bicyclic) bond motifs is 2. The Bertz CT molecular complexity index is 837. The van der Waals surface area contributed by atoms with Gasteiger partial charge in [0.15, 0.2) is 0 Å². The lowest BCUT2D eigenvalue weighted by atomic mass is 9.84. The van der Waals surface area contributed by atoms with Crippen LogP contribution in [0.2, 0.25) is 0 Å². The van der Waals surface area contributed by atoms with Crippen molar-refractivity contribution in [2.75, 3.05) is 20.6 Å². The minimum atomic E-state index is 0.405. The van der Waals surface area contributed by atoms with E-state index in [4.69, 9.17) is 4.42 Å². The molecule has 3 aromatic rings. The second-order valence-electron chi connectivity index (χ2n) is 6.53. The van der Waals surface area contributed by atoms with Crippen molar-refractivity contribution in [1.29, 1.82) is 0 Å². The topological polar surface area (TPSA) is 28.4 Å². The Balaban J connectivity index is 1.77. The molecule has 1 aliphatic heterocycles. The van der Waals surface area contributed by atoms with E-state index in [1.165, 1.54) is 27.6 Å². The molecular formula is C20H22N2O. The third-order valence-corrected chi connectivity index (χ3v) is 4.78. The first-order valence-corrected chi connectivity index (χ1v) is 8.16. The van der Waals surface area contributed by atoms with Crippen LogP contribution in [0.15, 0.2) is 53.1 Å². The van der Waals surface area contributed by atoms with E-state index in [-0.39, 0.29) is 0 Å². The molecule has 23 heavy (non-hydrogen) atoms. The molecule has 0 amide bonds. The summed E-state index contributed by atoms with van der Waals surface area (Å²) in [7, 11) is 4.19. The highest BCUT2D eigenvalue weighted by atomic mass is 16.3. The van der Waals surface area contributed by atoms with Gasteiger partial charge in [-0.25, -0.2) is 0 Å². The maximum Gasteiger partial charge on any atom is 0.134 e. The molecule has 1 unspecified atom stereocenters. The van der Waals surface area contributed by atoms with Gasteiger partial charge in [0, 0.05) is 30.9 Å². The zero-order valence-corrected chi connectivity index (χ0v) is 13.7. The number of hydrogen-bond donors (Lipinski definition) is 1. The molecule has 0 aliphatic carbocycles. The van der Waals surface area contributed by atoms with Crippen molar-refractivity contribution < 1.29 is 4.42 Å². The van der Waals surface area contributed by atoms with E-state index in [0.29, 0.717) is 5.92 Å². The van der Waals surface area contributed by atoms with Crippen LogP contribution in [0.5, 0.6) is 0 Å². The summed E-state index contributed by atoms with van der Waals surface area (Å²) in [6, 6.07) is 15.5. The molecule has 2 aromatic carbocycles. The summed E-state index contributed by atoms with van der Waals surface area (Å²) in [6.07, 6.45) is 1.76. The van der Waals surface area contributed by atoms with Gasteiger partial charge in [-0.1, -0.05) is 30.3 Å². The first-order valence-electron chi connectivity index (χ1n) is 8.16. The number of benzene rings is 2. The van der Waals surface area contributed by atoms with E-state index in [0.717, 1.165) is 25.2 Å². The average Bonchev–Trinajstić information content (AvgIpc) is 3.01. The summed E-state index contributed by atoms with van der Waals surface area (Å²) in [6.45, 7) is 2.98. The van der Waals surface area contributed by atoms with Crippen molar-refractivity contribution in [2.24, 2.45) is 0 Å². The van der Waals surface area contributed by atoms with Crippen LogP contribution in [-0.4, -0.2) is 25.5 Å². The molecule has 1 aromatic heterocycles. The molecule has 0 bridgehead atoms. The maximum absolute atomic E-state index is 5.59. The normalized spacial score (nSPS) is 18.3. The van der Waals surface area contributed by atoms with E-state index < -0.39 is 0 Å². The van der Waals surface area contributed by atoms with Gasteiger partial charge in [0.05, 0.1) is 6.26 Å². The average molecular weight is 306 g/mol. The van der Waals surface area contributed by atoms with Crippen LogP contribution in [0.1, 0.15) is 28.2 Å². The fourth-order valence-corrected chi connectivity index (χ4v) is 3.69. The van der Waals surface area contributed by atoms with Crippen molar-refractivity contribution in [3.63, 3.8) is 0 Å². The Morgan fingerprint density at radius 1 is 1.17 bits per heavy atom. The Kier molecular flexibility index (Phi) is 3.68. The Morgan fingerprint density at radius 3 is 2.96 bits per heavy atom. The summed E-state index contributed by atoms with van der Waals surface area (Å²) in [4.78, 5) is 2.41. The minimum absolute atomic E-state index is 0.405. The molecule has 2 heterocycles. The maximum atomic E-state index is 5.59. The zero-order valence-electron chi connectivity index (χ0n) is 13.7. The third-order valence-electron chi connectivity index (χ3n) is 4.78. The summed E-state index contributed by atoms with van der Waals surface area (Å²) < 4.78 is 5.59. The molecule has 1 N–H and O–H groups in total. The van der Waals surface area contributed by atoms with Gasteiger partial charge in [-0.2, -0.15) is 0 Å². The Labute approximate surface area is 136 Å². The molecule has 0 fully saturated rings. The Morgan fingerprint density at radius 2 is 2.09 bits per heavy atom. The van der Waals surface area contributed by atoms with Crippen LogP contribution >= 0.6 is 0 Å². The molecule has 0 saturated carbocycles. The lowest BCUT2D eigenvalue weighted by molar-refractivity contribution is 0.295. The lowest BCUT2D eigenvalue weighted by Crippen LogP contribution is -2.31. The molecule has 3 nitrogen and oxygen atoms in total. The van der Waals surface area contributed by atoms with Gasteiger partial charge >= 0.3 is 0 Å². The fraction of sp³-hybridized carbons (Fsp3) is 0.300. The Hall–Kier alpha value is -2.10. The lowest BCUT2D eigenvalue weighted by Gasteiger charge is -2.33. The van der Waals surface area contributed by atoms with Crippen molar-refractivity contribution in [1.82, 2.24) is 10.2 Å². The quantitative estimate of drug-likeness (QED) is 0.799. The van der Waals surface area contributed by atoms with E-state index in [2.05, 4.69) is 53.7 Å². The van der Waals surface area contributed by atoms with Crippen LogP contribution in [0.4, 0.5) is 0 Å². The van der Waals surface area contributed by atoms with Gasteiger partial charge in [-0.05, 0) is 48.5 Å². The standard InChI is InChI=1S/C20H22N2O/c1-21-11-14-3-6-18-17(9-14)12-22(2)13-19(18)16-5-4-15-7-8-23-20(15)10-16/h3-10,19,21H,11-13H2,1-2H3. The summed E-state index contributed by atoms with van der Waals surface area (Å²) in [5.41, 5.74) is 6.55. The molecule has 3 heteroatoms. The van der Waals surface area contributed by atoms with Gasteiger partial charge in [0.1, 0.15) is 5.58 Å². The SMILES string of the molecule is CNCc1ccc2c(c1)CN(C)CC2c1ccc2ccoc2c1. The van der Waals surface area contributed by atoms with Gasteiger partial charge in [-0.3, -0.25) is 0 Å². The number of nitrogens with zero attached hydrogens (tertiary/aromatic N) is 1. The smallest absolute Gasteiger partial charge is 0.134 e. The minimum Gasteiger partial charge on any atom is -0.464 e. The van der Waals surface area contributed by atoms with Gasteiger partial charge in [0.2, 0.25) is 0 Å². The number of likely N-dealkylation sites (N-methyl/N-ethyl adjacent to an activating group) is 1. The summed E-state index contributed by atoms with van der Waals surface area (Å²) in [5, 5.41) is 4.41. The number of furan rings is 1. The van der Waals surface area contributed by atoms with E-state index in [1.54, 1.807) is 6.26 Å². The molecule has 118 valence electrons. The zero-order chi connectivity index (χ0) is 15.8. The van der Waals surface area contributed by atoms with E-state index in [1.807, 2.05) is 13.1 Å². The molecule has 0 radical (unpaired) electrons. The number of rotatable bonds is 3. The van der Waals surface area contributed by atoms with Crippen molar-refractivity contribution >= 4 is 11.0 Å². The second kappa shape index (κ2) is 5.84. The highest BCUT2D eigenvalue weighted by Gasteiger charge is 2.25.